The van der Waals surface area contributed by atoms with Crippen molar-refractivity contribution in [3.63, 3.8) is 0 Å². The fourth-order valence-corrected chi connectivity index (χ4v) is 2.58. The van der Waals surface area contributed by atoms with Crippen molar-refractivity contribution in [3.05, 3.63) is 28.5 Å². The van der Waals surface area contributed by atoms with Crippen LogP contribution in [0.25, 0.3) is 11.3 Å². The molecule has 0 saturated carbocycles. The third-order valence-corrected chi connectivity index (χ3v) is 3.62. The fourth-order valence-electron chi connectivity index (χ4n) is 1.91. The third-order valence-electron chi connectivity index (χ3n) is 2.87. The molecule has 0 aliphatic carbocycles. The number of hydrogen-bond acceptors (Lipinski definition) is 5. The van der Waals surface area contributed by atoms with Crippen LogP contribution in [0.4, 0.5) is 5.82 Å². The van der Waals surface area contributed by atoms with Gasteiger partial charge in [0, 0.05) is 18.1 Å². The van der Waals surface area contributed by atoms with Gasteiger partial charge in [-0.05, 0) is 28.1 Å². The molecule has 2 aromatic rings. The van der Waals surface area contributed by atoms with Gasteiger partial charge in [0.05, 0.1) is 19.9 Å². The predicted molar refractivity (Wildman–Crippen MR) is 82.1 cm³/mol. The van der Waals surface area contributed by atoms with Gasteiger partial charge in [-0.1, -0.05) is 6.92 Å². The van der Waals surface area contributed by atoms with Gasteiger partial charge in [-0.3, -0.25) is 0 Å². The number of nitrogens with two attached hydrogens (primary N) is 1. The topological polar surface area (TPSA) is 70.3 Å². The van der Waals surface area contributed by atoms with Gasteiger partial charge in [-0.15, -0.1) is 0 Å². The molecular weight excluding hydrogens is 322 g/mol. The van der Waals surface area contributed by atoms with Gasteiger partial charge in [0.15, 0.2) is 0 Å². The highest BCUT2D eigenvalue weighted by Crippen LogP contribution is 2.41. The van der Waals surface area contributed by atoms with Crippen LogP contribution in [0.3, 0.4) is 0 Å². The molecule has 2 rings (SSSR count). The molecule has 5 nitrogen and oxygen atoms in total. The molecule has 2 N–H and O–H groups in total. The van der Waals surface area contributed by atoms with E-state index in [4.69, 9.17) is 15.2 Å². The highest BCUT2D eigenvalue weighted by atomic mass is 79.9. The van der Waals surface area contributed by atoms with Crippen LogP contribution in [0.15, 0.2) is 22.7 Å². The summed E-state index contributed by atoms with van der Waals surface area (Å²) >= 11 is 3.48. The van der Waals surface area contributed by atoms with Crippen LogP contribution in [0.2, 0.25) is 0 Å². The second-order valence-electron chi connectivity index (χ2n) is 4.11. The minimum Gasteiger partial charge on any atom is -0.495 e. The molecule has 0 spiro atoms. The first-order valence-electron chi connectivity index (χ1n) is 6.15. The maximum Gasteiger partial charge on any atom is 0.146 e. The van der Waals surface area contributed by atoms with Crippen LogP contribution in [-0.2, 0) is 6.42 Å². The highest BCUT2D eigenvalue weighted by molar-refractivity contribution is 9.10. The number of halogens is 1. The van der Waals surface area contributed by atoms with Crippen molar-refractivity contribution in [1.82, 2.24) is 9.97 Å². The summed E-state index contributed by atoms with van der Waals surface area (Å²) in [5.74, 6) is 2.50. The molecule has 0 unspecified atom stereocenters. The van der Waals surface area contributed by atoms with E-state index in [0.717, 1.165) is 22.2 Å². The van der Waals surface area contributed by atoms with Crippen LogP contribution in [0, 0.1) is 0 Å². The van der Waals surface area contributed by atoms with Gasteiger partial charge < -0.3 is 15.2 Å². The summed E-state index contributed by atoms with van der Waals surface area (Å²) in [5, 5.41) is 0. The Bertz CT molecular complexity index is 632. The molecule has 0 bridgehead atoms. The molecule has 0 fully saturated rings. The lowest BCUT2D eigenvalue weighted by atomic mass is 10.1. The number of aromatic nitrogens is 2. The minimum absolute atomic E-state index is 0.445. The summed E-state index contributed by atoms with van der Waals surface area (Å²) in [5.41, 5.74) is 7.40. The number of nitrogens with zero attached hydrogens (tertiary/aromatic N) is 2. The first-order chi connectivity index (χ1) is 9.60. The lowest BCUT2D eigenvalue weighted by molar-refractivity contribution is 0.390. The van der Waals surface area contributed by atoms with E-state index < -0.39 is 0 Å². The van der Waals surface area contributed by atoms with Crippen LogP contribution < -0.4 is 15.2 Å². The summed E-state index contributed by atoms with van der Waals surface area (Å²) in [4.78, 5) is 8.67. The van der Waals surface area contributed by atoms with Crippen LogP contribution in [0.1, 0.15) is 12.7 Å². The standard InChI is InChI=1S/C14H16BrN3O2/c1-4-12-17-9(7-11(16)18-12)8-5-6-10(19-2)13(15)14(8)20-3/h5-7H,4H2,1-3H3,(H2,16,17,18). The van der Waals surface area contributed by atoms with Crippen LogP contribution in [-0.4, -0.2) is 24.2 Å². The monoisotopic (exact) mass is 337 g/mol. The molecule has 1 aromatic carbocycles. The Kier molecular flexibility index (Phi) is 4.44. The number of rotatable bonds is 4. The lowest BCUT2D eigenvalue weighted by Crippen LogP contribution is -2.01. The summed E-state index contributed by atoms with van der Waals surface area (Å²) in [6.07, 6.45) is 0.720. The summed E-state index contributed by atoms with van der Waals surface area (Å²) in [6.45, 7) is 1.99. The molecule has 0 saturated heterocycles. The number of ether oxygens (including phenoxy) is 2. The average Bonchev–Trinajstić information content (AvgIpc) is 2.46. The molecule has 0 aliphatic heterocycles. The highest BCUT2D eigenvalue weighted by Gasteiger charge is 2.16. The van der Waals surface area contributed by atoms with Crippen molar-refractivity contribution in [2.24, 2.45) is 0 Å². The van der Waals surface area contributed by atoms with Gasteiger partial charge >= 0.3 is 0 Å². The van der Waals surface area contributed by atoms with Crippen molar-refractivity contribution in [2.45, 2.75) is 13.3 Å². The van der Waals surface area contributed by atoms with Crippen molar-refractivity contribution >= 4 is 21.7 Å². The number of methoxy groups -OCH3 is 2. The summed E-state index contributed by atoms with van der Waals surface area (Å²) < 4.78 is 11.5. The maximum atomic E-state index is 5.83. The van der Waals surface area contributed by atoms with Gasteiger partial charge in [0.2, 0.25) is 0 Å². The quantitative estimate of drug-likeness (QED) is 0.928. The molecule has 20 heavy (non-hydrogen) atoms. The summed E-state index contributed by atoms with van der Waals surface area (Å²) in [6, 6.07) is 5.48. The van der Waals surface area contributed by atoms with E-state index in [0.29, 0.717) is 23.1 Å². The van der Waals surface area contributed by atoms with Crippen molar-refractivity contribution in [3.8, 4) is 22.8 Å². The van der Waals surface area contributed by atoms with Gasteiger partial charge in [0.25, 0.3) is 0 Å². The van der Waals surface area contributed by atoms with E-state index in [1.807, 2.05) is 19.1 Å². The first kappa shape index (κ1) is 14.6. The molecule has 1 heterocycles. The minimum atomic E-state index is 0.445. The fraction of sp³-hybridized carbons (Fsp3) is 0.286. The number of anilines is 1. The Balaban J connectivity index is 2.63. The molecule has 1 aromatic heterocycles. The zero-order valence-electron chi connectivity index (χ0n) is 11.6. The molecule has 6 heteroatoms. The smallest absolute Gasteiger partial charge is 0.146 e. The Morgan fingerprint density at radius 3 is 2.55 bits per heavy atom. The summed E-state index contributed by atoms with van der Waals surface area (Å²) in [7, 11) is 3.21. The van der Waals surface area contributed by atoms with E-state index in [1.54, 1.807) is 20.3 Å². The number of nitrogen functional groups attached to an aromatic ring is 1. The lowest BCUT2D eigenvalue weighted by Gasteiger charge is -2.13. The maximum absolute atomic E-state index is 5.83. The van der Waals surface area contributed by atoms with E-state index >= 15 is 0 Å². The first-order valence-corrected chi connectivity index (χ1v) is 6.94. The second-order valence-corrected chi connectivity index (χ2v) is 4.90. The Labute approximate surface area is 126 Å². The molecule has 0 aliphatic rings. The number of benzene rings is 1. The zero-order valence-corrected chi connectivity index (χ0v) is 13.2. The van der Waals surface area contributed by atoms with Gasteiger partial charge in [-0.2, -0.15) is 0 Å². The average molecular weight is 338 g/mol. The van der Waals surface area contributed by atoms with E-state index in [9.17, 15) is 0 Å². The van der Waals surface area contributed by atoms with E-state index in [1.165, 1.54) is 0 Å². The molecule has 0 atom stereocenters. The Hall–Kier alpha value is -1.82. The zero-order chi connectivity index (χ0) is 14.7. The Morgan fingerprint density at radius 2 is 1.95 bits per heavy atom. The van der Waals surface area contributed by atoms with Crippen molar-refractivity contribution in [2.75, 3.05) is 20.0 Å². The molecule has 106 valence electrons. The SMILES string of the molecule is CCc1nc(N)cc(-c2ccc(OC)c(Br)c2OC)n1. The molecule has 0 amide bonds. The molecular formula is C14H16BrN3O2. The van der Waals surface area contributed by atoms with E-state index in [2.05, 4.69) is 25.9 Å². The third kappa shape index (κ3) is 2.70. The van der Waals surface area contributed by atoms with Crippen molar-refractivity contribution in [1.29, 1.82) is 0 Å². The van der Waals surface area contributed by atoms with Crippen LogP contribution >= 0.6 is 15.9 Å². The Morgan fingerprint density at radius 1 is 1.20 bits per heavy atom. The number of aryl methyl sites for hydroxylation is 1. The van der Waals surface area contributed by atoms with Gasteiger partial charge in [0.1, 0.15) is 27.6 Å². The normalized spacial score (nSPS) is 10.4. The number of hydrogen-bond donors (Lipinski definition) is 1. The second kappa shape index (κ2) is 6.09. The largest absolute Gasteiger partial charge is 0.495 e. The predicted octanol–water partition coefficient (Wildman–Crippen LogP) is 3.07. The molecule has 0 radical (unpaired) electrons. The van der Waals surface area contributed by atoms with Crippen LogP contribution in [0.5, 0.6) is 11.5 Å². The van der Waals surface area contributed by atoms with Crippen molar-refractivity contribution < 1.29 is 9.47 Å². The van der Waals surface area contributed by atoms with Gasteiger partial charge in [-0.25, -0.2) is 9.97 Å². The van der Waals surface area contributed by atoms with E-state index in [-0.39, 0.29) is 0 Å².